The van der Waals surface area contributed by atoms with Crippen molar-refractivity contribution in [1.29, 1.82) is 0 Å². The molecule has 0 bridgehead atoms. The van der Waals surface area contributed by atoms with Gasteiger partial charge in [0.1, 0.15) is 0 Å². The Kier molecular flexibility index (Phi) is 5.11. The molecule has 3 heterocycles. The molecule has 8 nitrogen and oxygen atoms in total. The number of nitrogens with one attached hydrogen (secondary N) is 1. The molecule has 9 heteroatoms. The molecule has 1 aliphatic carbocycles. The Balaban J connectivity index is 1.40. The van der Waals surface area contributed by atoms with Crippen LogP contribution in [0.3, 0.4) is 0 Å². The molecule has 4 rings (SSSR count). The highest BCUT2D eigenvalue weighted by atomic mass is 32.2. The summed E-state index contributed by atoms with van der Waals surface area (Å²) in [6.07, 6.45) is 6.89. The number of nitrogens with zero attached hydrogens (tertiary/aromatic N) is 4. The Labute approximate surface area is 160 Å². The van der Waals surface area contributed by atoms with E-state index in [1.54, 1.807) is 16.3 Å². The van der Waals surface area contributed by atoms with Gasteiger partial charge in [-0.1, -0.05) is 11.8 Å². The second-order valence-electron chi connectivity index (χ2n) is 6.83. The van der Waals surface area contributed by atoms with Gasteiger partial charge in [0.25, 0.3) is 11.1 Å². The zero-order chi connectivity index (χ0) is 18.8. The van der Waals surface area contributed by atoms with Gasteiger partial charge in [0.15, 0.2) is 5.16 Å². The molecule has 2 aromatic heterocycles. The van der Waals surface area contributed by atoms with Crippen molar-refractivity contribution < 1.29 is 4.79 Å². The van der Waals surface area contributed by atoms with Crippen LogP contribution in [0, 0.1) is 0 Å². The van der Waals surface area contributed by atoms with E-state index in [-0.39, 0.29) is 29.5 Å². The zero-order valence-corrected chi connectivity index (χ0v) is 15.7. The van der Waals surface area contributed by atoms with Crippen LogP contribution in [0.2, 0.25) is 0 Å². The SMILES string of the molecule is O=C(CC1CSc2nc3c(c(=O)n21)CCCC3)NCCn1cnccc1=O. The van der Waals surface area contributed by atoms with Gasteiger partial charge in [-0.2, -0.15) is 0 Å². The average molecular weight is 387 g/mol. The lowest BCUT2D eigenvalue weighted by Gasteiger charge is -2.18. The van der Waals surface area contributed by atoms with Gasteiger partial charge in [0, 0.05) is 43.1 Å². The minimum Gasteiger partial charge on any atom is -0.354 e. The van der Waals surface area contributed by atoms with Crippen molar-refractivity contribution in [2.75, 3.05) is 12.3 Å². The van der Waals surface area contributed by atoms with Gasteiger partial charge in [-0.05, 0) is 25.7 Å². The largest absolute Gasteiger partial charge is 0.354 e. The van der Waals surface area contributed by atoms with Crippen molar-refractivity contribution in [1.82, 2.24) is 24.4 Å². The highest BCUT2D eigenvalue weighted by molar-refractivity contribution is 7.99. The Hall–Kier alpha value is -2.42. The lowest BCUT2D eigenvalue weighted by Crippen LogP contribution is -2.35. The smallest absolute Gasteiger partial charge is 0.257 e. The molecular formula is C18H21N5O3S. The number of rotatable bonds is 5. The average Bonchev–Trinajstić information content (AvgIpc) is 3.06. The maximum absolute atomic E-state index is 12.9. The van der Waals surface area contributed by atoms with Crippen LogP contribution >= 0.6 is 11.8 Å². The van der Waals surface area contributed by atoms with Crippen LogP contribution in [0.5, 0.6) is 0 Å². The molecule has 0 saturated carbocycles. The van der Waals surface area contributed by atoms with Gasteiger partial charge in [-0.15, -0.1) is 0 Å². The Morgan fingerprint density at radius 3 is 3.00 bits per heavy atom. The third kappa shape index (κ3) is 3.69. The molecule has 0 aromatic carbocycles. The number of thioether (sulfide) groups is 1. The number of carbonyl (C=O) groups is 1. The Bertz CT molecular complexity index is 984. The van der Waals surface area contributed by atoms with E-state index < -0.39 is 0 Å². The standard InChI is InChI=1S/C18H21N5O3S/c24-15(20-7-8-22-11-19-6-5-16(22)25)9-12-10-27-18-21-14-4-2-1-3-13(14)17(26)23(12)18/h5-6,11-12H,1-4,7-10H2,(H,20,24). The molecule has 142 valence electrons. The number of hydrogen-bond acceptors (Lipinski definition) is 6. The minimum absolute atomic E-state index is 0.0272. The highest BCUT2D eigenvalue weighted by Gasteiger charge is 2.30. The number of carbonyl (C=O) groups excluding carboxylic acids is 1. The van der Waals surface area contributed by atoms with Crippen LogP contribution in [0.15, 0.2) is 33.3 Å². The molecule has 1 atom stereocenters. The number of amides is 1. The fourth-order valence-corrected chi connectivity index (χ4v) is 4.77. The maximum Gasteiger partial charge on any atom is 0.257 e. The monoisotopic (exact) mass is 387 g/mol. The van der Waals surface area contributed by atoms with Gasteiger partial charge in [0.2, 0.25) is 5.91 Å². The van der Waals surface area contributed by atoms with Gasteiger partial charge >= 0.3 is 0 Å². The van der Waals surface area contributed by atoms with E-state index in [1.807, 2.05) is 0 Å². The third-order valence-corrected chi connectivity index (χ3v) is 6.11. The Morgan fingerprint density at radius 1 is 1.30 bits per heavy atom. The van der Waals surface area contributed by atoms with Crippen molar-refractivity contribution in [3.63, 3.8) is 0 Å². The first kappa shape index (κ1) is 18.0. The number of fused-ring (bicyclic) bond motifs is 2. The molecule has 2 aliphatic rings. The Morgan fingerprint density at radius 2 is 2.15 bits per heavy atom. The van der Waals surface area contributed by atoms with E-state index in [0.717, 1.165) is 42.1 Å². The van der Waals surface area contributed by atoms with Crippen LogP contribution in [0.4, 0.5) is 0 Å². The predicted molar refractivity (Wildman–Crippen MR) is 101 cm³/mol. The molecule has 0 spiro atoms. The zero-order valence-electron chi connectivity index (χ0n) is 14.9. The molecule has 27 heavy (non-hydrogen) atoms. The van der Waals surface area contributed by atoms with Crippen molar-refractivity contribution >= 4 is 17.7 Å². The van der Waals surface area contributed by atoms with E-state index in [1.165, 1.54) is 23.2 Å². The molecular weight excluding hydrogens is 366 g/mol. The van der Waals surface area contributed by atoms with Crippen molar-refractivity contribution in [3.8, 4) is 0 Å². The summed E-state index contributed by atoms with van der Waals surface area (Å²) in [6.45, 7) is 0.706. The molecule has 2 aromatic rings. The summed E-state index contributed by atoms with van der Waals surface area (Å²) >= 11 is 1.55. The van der Waals surface area contributed by atoms with E-state index in [4.69, 9.17) is 0 Å². The molecule has 1 N–H and O–H groups in total. The normalized spacial score (nSPS) is 18.0. The summed E-state index contributed by atoms with van der Waals surface area (Å²) in [5, 5.41) is 3.56. The fraction of sp³-hybridized carbons (Fsp3) is 0.500. The van der Waals surface area contributed by atoms with Crippen LogP contribution in [0.1, 0.15) is 36.6 Å². The van der Waals surface area contributed by atoms with Gasteiger partial charge < -0.3 is 5.32 Å². The summed E-state index contributed by atoms with van der Waals surface area (Å²) in [4.78, 5) is 45.4. The molecule has 0 radical (unpaired) electrons. The van der Waals surface area contributed by atoms with Gasteiger partial charge in [-0.25, -0.2) is 9.97 Å². The van der Waals surface area contributed by atoms with Crippen LogP contribution in [-0.4, -0.2) is 37.3 Å². The molecule has 1 unspecified atom stereocenters. The van der Waals surface area contributed by atoms with E-state index in [9.17, 15) is 14.4 Å². The van der Waals surface area contributed by atoms with Crippen molar-refractivity contribution in [2.45, 2.75) is 49.8 Å². The van der Waals surface area contributed by atoms with Gasteiger partial charge in [-0.3, -0.25) is 23.5 Å². The summed E-state index contributed by atoms with van der Waals surface area (Å²) in [7, 11) is 0. The minimum atomic E-state index is -0.168. The van der Waals surface area contributed by atoms with Crippen molar-refractivity contribution in [3.05, 3.63) is 50.6 Å². The fourth-order valence-electron chi connectivity index (χ4n) is 3.61. The third-order valence-electron chi connectivity index (χ3n) is 5.01. The van der Waals surface area contributed by atoms with E-state index >= 15 is 0 Å². The van der Waals surface area contributed by atoms with Gasteiger partial charge in [0.05, 0.1) is 18.1 Å². The second kappa shape index (κ2) is 7.67. The number of aryl methyl sites for hydroxylation is 1. The maximum atomic E-state index is 12.9. The van der Waals surface area contributed by atoms with Crippen LogP contribution < -0.4 is 16.4 Å². The number of hydrogen-bond donors (Lipinski definition) is 1. The first-order valence-electron chi connectivity index (χ1n) is 9.17. The van der Waals surface area contributed by atoms with E-state index in [2.05, 4.69) is 15.3 Å². The molecule has 0 fully saturated rings. The topological polar surface area (TPSA) is 98.9 Å². The quantitative estimate of drug-likeness (QED) is 0.752. The number of aromatic nitrogens is 4. The van der Waals surface area contributed by atoms with Crippen LogP contribution in [0.25, 0.3) is 0 Å². The summed E-state index contributed by atoms with van der Waals surface area (Å²) < 4.78 is 3.15. The predicted octanol–water partition coefficient (Wildman–Crippen LogP) is 0.532. The lowest BCUT2D eigenvalue weighted by atomic mass is 9.97. The van der Waals surface area contributed by atoms with Crippen LogP contribution in [-0.2, 0) is 24.2 Å². The summed E-state index contributed by atoms with van der Waals surface area (Å²) in [6, 6.07) is 1.22. The highest BCUT2D eigenvalue weighted by Crippen LogP contribution is 2.33. The van der Waals surface area contributed by atoms with Crippen molar-refractivity contribution in [2.24, 2.45) is 0 Å². The van der Waals surface area contributed by atoms with E-state index in [0.29, 0.717) is 18.8 Å². The molecule has 1 aliphatic heterocycles. The first-order valence-corrected chi connectivity index (χ1v) is 10.2. The summed E-state index contributed by atoms with van der Waals surface area (Å²) in [5.74, 6) is 0.552. The summed E-state index contributed by atoms with van der Waals surface area (Å²) in [5.41, 5.74) is 1.65. The molecule has 1 amide bonds. The lowest BCUT2D eigenvalue weighted by molar-refractivity contribution is -0.121. The second-order valence-corrected chi connectivity index (χ2v) is 7.82. The molecule has 0 saturated heterocycles. The first-order chi connectivity index (χ1) is 13.1.